The van der Waals surface area contributed by atoms with Gasteiger partial charge in [0.25, 0.3) is 0 Å². The van der Waals surface area contributed by atoms with Crippen LogP contribution in [0, 0.1) is 5.92 Å². The van der Waals surface area contributed by atoms with Gasteiger partial charge in [-0.1, -0.05) is 62.7 Å². The molecule has 0 saturated heterocycles. The third-order valence-corrected chi connectivity index (χ3v) is 12.4. The van der Waals surface area contributed by atoms with E-state index in [1.807, 2.05) is 6.92 Å². The lowest BCUT2D eigenvalue weighted by Gasteiger charge is -2.28. The van der Waals surface area contributed by atoms with Crippen LogP contribution in [-0.4, -0.2) is 157 Å². The molecule has 26 nitrogen and oxygen atoms in total. The Morgan fingerprint density at radius 2 is 1.06 bits per heavy atom. The van der Waals surface area contributed by atoms with Crippen molar-refractivity contribution in [2.75, 3.05) is 13.2 Å². The molecule has 0 fully saturated rings. The maximum Gasteiger partial charge on any atom is 0.325 e. The topological polar surface area (TPSA) is 436 Å². The lowest BCUT2D eigenvalue weighted by molar-refractivity contribution is -0.141. The Bertz CT molecular complexity index is 2730. The number of aromatic nitrogens is 1. The highest BCUT2D eigenvalue weighted by molar-refractivity contribution is 5.99. The Morgan fingerprint density at radius 1 is 0.597 bits per heavy atom. The number of hydrogen-bond acceptors (Lipinski definition) is 15. The number of aromatic amines is 1. The second-order valence-corrected chi connectivity index (χ2v) is 18.4. The summed E-state index contributed by atoms with van der Waals surface area (Å²) in [5.74, 6) is -11.2. The van der Waals surface area contributed by atoms with Gasteiger partial charge in [0.2, 0.25) is 53.2 Å². The number of aliphatic hydroxyl groups excluding tert-OH is 2. The number of nitrogens with one attached hydrogen (secondary N) is 9. The summed E-state index contributed by atoms with van der Waals surface area (Å²) in [6.07, 6.45) is -1.14. The SMILES string of the molecule is CC[C@H](C)[C@H](N)C(=O)NCC(=O)N[C@H](C(=O)N[C@@H](CO)C(=O)N[C@@H](CC(N)=O)C(=O)N[C@@H](Cc1ccc(O)cc1)C(=O)N[C@@H](Cc1ccc(O)cc1)C(=O)N[C@@H](Cc1c[nH]c2ccccc12)C(=O)N[C@@H](C)C(=O)O)[C@@H](C)O. The number of carboxylic acid groups (broad SMARTS) is 1. The van der Waals surface area contributed by atoms with E-state index in [-0.39, 0.29) is 36.7 Å². The summed E-state index contributed by atoms with van der Waals surface area (Å²) < 4.78 is 0. The number of rotatable bonds is 29. The number of H-pyrrole nitrogens is 1. The van der Waals surface area contributed by atoms with Crippen LogP contribution in [0.25, 0.3) is 10.9 Å². The van der Waals surface area contributed by atoms with Crippen molar-refractivity contribution in [3.8, 4) is 11.5 Å². The van der Waals surface area contributed by atoms with E-state index in [0.717, 1.165) is 6.92 Å². The van der Waals surface area contributed by atoms with Crippen LogP contribution in [0.2, 0.25) is 0 Å². The normalized spacial score (nSPS) is 15.0. The summed E-state index contributed by atoms with van der Waals surface area (Å²) in [5, 5.41) is 69.8. The largest absolute Gasteiger partial charge is 0.508 e. The second kappa shape index (κ2) is 28.9. The van der Waals surface area contributed by atoms with Gasteiger partial charge in [0.15, 0.2) is 0 Å². The van der Waals surface area contributed by atoms with Crippen molar-refractivity contribution in [2.24, 2.45) is 17.4 Å². The predicted octanol–water partition coefficient (Wildman–Crippen LogP) is -3.16. The molecule has 77 heavy (non-hydrogen) atoms. The van der Waals surface area contributed by atoms with E-state index in [1.54, 1.807) is 37.4 Å². The summed E-state index contributed by atoms with van der Waals surface area (Å²) in [5.41, 5.74) is 13.4. The zero-order valence-corrected chi connectivity index (χ0v) is 42.7. The molecule has 3 aromatic carbocycles. The van der Waals surface area contributed by atoms with Crippen molar-refractivity contribution in [3.05, 3.63) is 95.7 Å². The maximum absolute atomic E-state index is 14.6. The van der Waals surface area contributed by atoms with Crippen molar-refractivity contribution in [3.63, 3.8) is 0 Å². The van der Waals surface area contributed by atoms with Gasteiger partial charge in [-0.05, 0) is 66.8 Å². The van der Waals surface area contributed by atoms with Crippen LogP contribution in [0.5, 0.6) is 11.5 Å². The van der Waals surface area contributed by atoms with Crippen molar-refractivity contribution in [1.29, 1.82) is 0 Å². The second-order valence-electron chi connectivity index (χ2n) is 18.4. The highest BCUT2D eigenvalue weighted by atomic mass is 16.4. The summed E-state index contributed by atoms with van der Waals surface area (Å²) >= 11 is 0. The molecule has 0 unspecified atom stereocenters. The highest BCUT2D eigenvalue weighted by Gasteiger charge is 2.36. The zero-order chi connectivity index (χ0) is 57.1. The monoisotopic (exact) mass is 1070 g/mol. The van der Waals surface area contributed by atoms with Gasteiger partial charge in [-0.15, -0.1) is 0 Å². The molecule has 10 atom stereocenters. The van der Waals surface area contributed by atoms with Gasteiger partial charge in [-0.2, -0.15) is 0 Å². The number of carbonyl (C=O) groups is 10. The summed E-state index contributed by atoms with van der Waals surface area (Å²) in [6.45, 7) is 4.12. The molecule has 0 aliphatic carbocycles. The fourth-order valence-electron chi connectivity index (χ4n) is 7.64. The fraction of sp³-hybridized carbons (Fsp3) is 0.412. The third-order valence-electron chi connectivity index (χ3n) is 12.4. The van der Waals surface area contributed by atoms with Gasteiger partial charge in [-0.25, -0.2) is 0 Å². The first kappa shape index (κ1) is 60.9. The van der Waals surface area contributed by atoms with Crippen LogP contribution in [0.15, 0.2) is 79.0 Å². The van der Waals surface area contributed by atoms with Gasteiger partial charge in [-0.3, -0.25) is 47.9 Å². The molecule has 1 heterocycles. The number of phenols is 2. The Balaban J connectivity index is 1.61. The molecule has 18 N–H and O–H groups in total. The number of fused-ring (bicyclic) bond motifs is 1. The number of amides is 9. The predicted molar refractivity (Wildman–Crippen MR) is 275 cm³/mol. The van der Waals surface area contributed by atoms with E-state index in [4.69, 9.17) is 11.5 Å². The quantitative estimate of drug-likeness (QED) is 0.0255. The van der Waals surface area contributed by atoms with Crippen molar-refractivity contribution in [2.45, 2.75) is 114 Å². The van der Waals surface area contributed by atoms with Crippen LogP contribution in [0.1, 0.15) is 57.2 Å². The number of nitrogens with two attached hydrogens (primary N) is 2. The maximum atomic E-state index is 14.6. The van der Waals surface area contributed by atoms with E-state index in [1.165, 1.54) is 55.5 Å². The van der Waals surface area contributed by atoms with E-state index in [2.05, 4.69) is 47.5 Å². The van der Waals surface area contributed by atoms with Gasteiger partial charge >= 0.3 is 5.97 Å². The minimum absolute atomic E-state index is 0.126. The van der Waals surface area contributed by atoms with Crippen molar-refractivity contribution >= 4 is 70.0 Å². The minimum atomic E-state index is -1.91. The van der Waals surface area contributed by atoms with Crippen LogP contribution >= 0.6 is 0 Å². The first-order valence-electron chi connectivity index (χ1n) is 24.5. The van der Waals surface area contributed by atoms with Gasteiger partial charge in [0.05, 0.1) is 31.7 Å². The molecule has 0 spiro atoms. The first-order valence-corrected chi connectivity index (χ1v) is 24.5. The van der Waals surface area contributed by atoms with Gasteiger partial charge in [0, 0.05) is 36.4 Å². The van der Waals surface area contributed by atoms with Crippen LogP contribution in [0.4, 0.5) is 0 Å². The molecule has 0 saturated carbocycles. The molecule has 0 aliphatic heterocycles. The average molecular weight is 1070 g/mol. The number of primary amides is 1. The summed E-state index contributed by atoms with van der Waals surface area (Å²) in [7, 11) is 0. The number of carbonyl (C=O) groups excluding carboxylic acids is 9. The van der Waals surface area contributed by atoms with E-state index in [0.29, 0.717) is 34.0 Å². The number of aliphatic hydroxyl groups is 2. The molecule has 0 bridgehead atoms. The molecule has 9 amide bonds. The molecular weight excluding hydrogens is 1010 g/mol. The third kappa shape index (κ3) is 18.6. The lowest BCUT2D eigenvalue weighted by Crippen LogP contribution is -2.62. The Labute approximate surface area is 441 Å². The smallest absolute Gasteiger partial charge is 0.325 e. The highest BCUT2D eigenvalue weighted by Crippen LogP contribution is 2.20. The van der Waals surface area contributed by atoms with E-state index >= 15 is 0 Å². The molecule has 0 radical (unpaired) electrons. The molecule has 26 heteroatoms. The number of aromatic hydroxyl groups is 2. The Morgan fingerprint density at radius 3 is 1.56 bits per heavy atom. The summed E-state index contributed by atoms with van der Waals surface area (Å²) in [6, 6.07) is 5.46. The van der Waals surface area contributed by atoms with Crippen molar-refractivity contribution in [1.82, 2.24) is 47.5 Å². The fourth-order valence-corrected chi connectivity index (χ4v) is 7.64. The van der Waals surface area contributed by atoms with E-state index < -0.39 is 133 Å². The number of aliphatic carboxylic acids is 1. The lowest BCUT2D eigenvalue weighted by atomic mass is 9.99. The van der Waals surface area contributed by atoms with Gasteiger partial charge < -0.3 is 84.5 Å². The number of phenolic OH excluding ortho intramolecular Hbond substituents is 2. The number of benzene rings is 3. The number of hydrogen-bond donors (Lipinski definition) is 16. The van der Waals surface area contributed by atoms with Crippen LogP contribution < -0.4 is 54.0 Å². The number of carboxylic acids is 1. The van der Waals surface area contributed by atoms with E-state index in [9.17, 15) is 73.5 Å². The Hall–Kier alpha value is -8.62. The Kier molecular flexibility index (Phi) is 22.9. The standard InChI is InChI=1S/C51H67N11O15/c1-5-25(2)42(53)49(74)55-23-41(68)62-43(27(4)64)50(75)61-39(24-63)48(73)60-38(21-40(52)67)47(72)58-35(18-28-10-14-31(65)15-11-28)45(70)57-36(19-29-12-16-32(66)17-13-29)46(71)59-37(44(69)56-26(3)51(76)77)20-30-22-54-34-9-7-6-8-33(30)34/h6-17,22,25-27,35-39,42-43,54,63-66H,5,18-21,23-24,53H2,1-4H3,(H2,52,67)(H,55,74)(H,56,69)(H,57,70)(H,58,72)(H,59,71)(H,60,73)(H,61,75)(H,62,68)(H,76,77)/t25-,26-,27+,35-,36-,37-,38-,39-,42-,43-/m0/s1. The molecule has 416 valence electrons. The first-order chi connectivity index (χ1) is 36.4. The van der Waals surface area contributed by atoms with Crippen LogP contribution in [0.3, 0.4) is 0 Å². The summed E-state index contributed by atoms with van der Waals surface area (Å²) in [4.78, 5) is 136. The molecular formula is C51H67N11O15. The molecule has 1 aromatic heterocycles. The van der Waals surface area contributed by atoms with Crippen molar-refractivity contribution < 1.29 is 73.5 Å². The van der Waals surface area contributed by atoms with Crippen LogP contribution in [-0.2, 0) is 67.2 Å². The molecule has 4 rings (SSSR count). The minimum Gasteiger partial charge on any atom is -0.508 e. The molecule has 4 aromatic rings. The molecule has 0 aliphatic rings. The average Bonchev–Trinajstić information content (AvgIpc) is 3.80. The van der Waals surface area contributed by atoms with Gasteiger partial charge in [0.1, 0.15) is 53.8 Å². The zero-order valence-electron chi connectivity index (χ0n) is 42.7. The number of para-hydroxylation sites is 1.